The van der Waals surface area contributed by atoms with E-state index in [0.29, 0.717) is 5.02 Å². The summed E-state index contributed by atoms with van der Waals surface area (Å²) in [5, 5.41) is 12.0. The molecule has 1 N–H and O–H groups in total. The van der Waals surface area contributed by atoms with Crippen molar-refractivity contribution in [1.82, 2.24) is 0 Å². The summed E-state index contributed by atoms with van der Waals surface area (Å²) in [7, 11) is 0. The van der Waals surface area contributed by atoms with E-state index in [1.165, 1.54) is 4.46 Å². The molecule has 0 spiro atoms. The number of halogens is 1. The normalized spacial score (nSPS) is 14.2. The van der Waals surface area contributed by atoms with E-state index >= 15 is 0 Å². The van der Waals surface area contributed by atoms with Crippen LogP contribution in [0.5, 0.6) is 0 Å². The van der Waals surface area contributed by atoms with Gasteiger partial charge in [0.05, 0.1) is 0 Å². The van der Waals surface area contributed by atoms with Crippen molar-refractivity contribution in [1.29, 1.82) is 0 Å². The van der Waals surface area contributed by atoms with Gasteiger partial charge in [-0.2, -0.15) is 0 Å². The molecule has 3 heteroatoms. The van der Waals surface area contributed by atoms with Gasteiger partial charge in [0.15, 0.2) is 0 Å². The van der Waals surface area contributed by atoms with Crippen LogP contribution in [0.2, 0.25) is 10.3 Å². The summed E-state index contributed by atoms with van der Waals surface area (Å²) in [4.78, 5) is 0. The van der Waals surface area contributed by atoms with Crippen molar-refractivity contribution in [2.75, 3.05) is 0 Å². The van der Waals surface area contributed by atoms with Gasteiger partial charge in [-0.25, -0.2) is 0 Å². The average molecular weight is 326 g/mol. The van der Waals surface area contributed by atoms with Crippen molar-refractivity contribution in [2.45, 2.75) is 17.8 Å². The molecule has 0 aliphatic rings. The molecule has 1 unspecified atom stereocenters. The van der Waals surface area contributed by atoms with E-state index in [4.69, 9.17) is 11.6 Å². The summed E-state index contributed by atoms with van der Waals surface area (Å²) >= 11 is 6.13. The maximum atomic E-state index is 10.5. The summed E-state index contributed by atoms with van der Waals surface area (Å²) in [6, 6.07) is 17.7. The van der Waals surface area contributed by atoms with Crippen LogP contribution in [0.25, 0.3) is 0 Å². The summed E-state index contributed by atoms with van der Waals surface area (Å²) in [6.07, 6.45) is 0. The molecule has 0 saturated heterocycles. The van der Waals surface area contributed by atoms with Crippen LogP contribution >= 0.6 is 11.6 Å². The number of rotatable bonds is 4. The van der Waals surface area contributed by atoms with E-state index in [9.17, 15) is 5.11 Å². The molecule has 0 amide bonds. The first-order chi connectivity index (χ1) is 8.58. The van der Waals surface area contributed by atoms with Gasteiger partial charge >= 0.3 is 119 Å². The predicted molar refractivity (Wildman–Crippen MR) is 77.7 cm³/mol. The van der Waals surface area contributed by atoms with Crippen molar-refractivity contribution in [3.05, 3.63) is 65.2 Å². The number of benzene rings is 2. The van der Waals surface area contributed by atoms with Gasteiger partial charge in [0.2, 0.25) is 0 Å². The van der Waals surface area contributed by atoms with Crippen LogP contribution in [0.3, 0.4) is 0 Å². The quantitative estimate of drug-likeness (QED) is 0.857. The van der Waals surface area contributed by atoms with Gasteiger partial charge in [0.25, 0.3) is 0 Å². The molecule has 0 bridgehead atoms. The Morgan fingerprint density at radius 3 is 2.28 bits per heavy atom. The number of hydrogen-bond acceptors (Lipinski definition) is 1. The van der Waals surface area contributed by atoms with E-state index < -0.39 is 5.60 Å². The maximum absolute atomic E-state index is 10.5. The second-order valence-corrected chi connectivity index (χ2v) is 7.02. The fourth-order valence-electron chi connectivity index (χ4n) is 1.63. The second kappa shape index (κ2) is 5.90. The molecule has 0 heterocycles. The Morgan fingerprint density at radius 1 is 1.06 bits per heavy atom. The van der Waals surface area contributed by atoms with E-state index in [1.807, 2.05) is 49.4 Å². The van der Waals surface area contributed by atoms with Crippen LogP contribution < -0.4 is 4.46 Å². The van der Waals surface area contributed by atoms with Gasteiger partial charge in [-0.05, 0) is 0 Å². The molecule has 18 heavy (non-hydrogen) atoms. The van der Waals surface area contributed by atoms with Crippen molar-refractivity contribution in [2.24, 2.45) is 0 Å². The standard InChI is InChI=1S/C15H15ClOSe/c1-15(17,12-7-9-13(16)10-8-12)11-18-14-5-3-2-4-6-14/h2-10,17H,11H2,1H3. The van der Waals surface area contributed by atoms with Crippen molar-refractivity contribution < 1.29 is 5.11 Å². The van der Waals surface area contributed by atoms with E-state index in [1.54, 1.807) is 0 Å². The summed E-state index contributed by atoms with van der Waals surface area (Å²) in [5.41, 5.74) is 0.130. The minimum atomic E-state index is -0.791. The summed E-state index contributed by atoms with van der Waals surface area (Å²) in [5.74, 6) is 0. The summed E-state index contributed by atoms with van der Waals surface area (Å²) in [6.45, 7) is 1.86. The predicted octanol–water partition coefficient (Wildman–Crippen LogP) is 3.00. The molecule has 0 saturated carbocycles. The van der Waals surface area contributed by atoms with Gasteiger partial charge in [0.1, 0.15) is 0 Å². The molecular weight excluding hydrogens is 311 g/mol. The molecule has 2 aromatic carbocycles. The molecule has 1 nitrogen and oxygen atoms in total. The van der Waals surface area contributed by atoms with Gasteiger partial charge in [-0.15, -0.1) is 0 Å². The third kappa shape index (κ3) is 3.60. The monoisotopic (exact) mass is 326 g/mol. The molecule has 0 aromatic heterocycles. The van der Waals surface area contributed by atoms with Crippen LogP contribution in [-0.4, -0.2) is 20.1 Å². The van der Waals surface area contributed by atoms with Crippen LogP contribution in [0.4, 0.5) is 0 Å². The van der Waals surface area contributed by atoms with E-state index in [2.05, 4.69) is 12.1 Å². The fourth-order valence-corrected chi connectivity index (χ4v) is 3.78. The van der Waals surface area contributed by atoms with Gasteiger partial charge in [-0.3, -0.25) is 0 Å². The zero-order valence-corrected chi connectivity index (χ0v) is 12.6. The van der Waals surface area contributed by atoms with Gasteiger partial charge < -0.3 is 0 Å². The molecule has 0 fully saturated rings. The Hall–Kier alpha value is -0.791. The zero-order valence-electron chi connectivity index (χ0n) is 10.1. The number of hydrogen-bond donors (Lipinski definition) is 1. The van der Waals surface area contributed by atoms with Gasteiger partial charge in [-0.1, -0.05) is 0 Å². The van der Waals surface area contributed by atoms with E-state index in [-0.39, 0.29) is 15.0 Å². The molecule has 0 aliphatic carbocycles. The third-order valence-electron chi connectivity index (χ3n) is 2.73. The van der Waals surface area contributed by atoms with Crippen LogP contribution in [0.15, 0.2) is 54.6 Å². The Kier molecular flexibility index (Phi) is 4.47. The SMILES string of the molecule is CC(O)(C[Se]c1ccccc1)c1ccc(Cl)cc1. The molecule has 0 aliphatic heterocycles. The molecule has 2 aromatic rings. The Balaban J connectivity index is 2.05. The average Bonchev–Trinajstić information content (AvgIpc) is 2.38. The zero-order chi connectivity index (χ0) is 13.0. The Labute approximate surface area is 119 Å². The fraction of sp³-hybridized carbons (Fsp3) is 0.200. The van der Waals surface area contributed by atoms with Crippen LogP contribution in [0, 0.1) is 0 Å². The third-order valence-corrected chi connectivity index (χ3v) is 5.73. The Bertz CT molecular complexity index is 494. The van der Waals surface area contributed by atoms with Crippen LogP contribution in [0.1, 0.15) is 12.5 Å². The molecular formula is C15H15ClOSe. The first-order valence-electron chi connectivity index (χ1n) is 5.74. The second-order valence-electron chi connectivity index (χ2n) is 4.38. The van der Waals surface area contributed by atoms with Crippen molar-refractivity contribution in [3.63, 3.8) is 0 Å². The summed E-state index contributed by atoms with van der Waals surface area (Å²) < 4.78 is 1.30. The first kappa shape index (κ1) is 13.6. The Morgan fingerprint density at radius 2 is 1.67 bits per heavy atom. The minimum absolute atomic E-state index is 0.268. The van der Waals surface area contributed by atoms with Crippen molar-refractivity contribution in [3.8, 4) is 0 Å². The molecule has 0 radical (unpaired) electrons. The topological polar surface area (TPSA) is 20.2 Å². The number of aliphatic hydroxyl groups is 1. The molecule has 1 atom stereocenters. The first-order valence-corrected chi connectivity index (χ1v) is 8.19. The van der Waals surface area contributed by atoms with E-state index in [0.717, 1.165) is 10.9 Å². The van der Waals surface area contributed by atoms with Crippen LogP contribution in [-0.2, 0) is 5.60 Å². The van der Waals surface area contributed by atoms with Crippen molar-refractivity contribution >= 4 is 31.0 Å². The molecule has 2 rings (SSSR count). The van der Waals surface area contributed by atoms with Gasteiger partial charge in [0, 0.05) is 0 Å². The molecule has 94 valence electrons.